The van der Waals surface area contributed by atoms with E-state index in [1.54, 1.807) is 12.1 Å². The normalized spacial score (nSPS) is 9.65. The standard InChI is InChI=1S/C11H7ClN4O/c12-8-5-15-11(16-6-8)17-10-2-1-7(4-13)3-9(10)14/h1-3,5-6H,14H2. The van der Waals surface area contributed by atoms with E-state index in [1.807, 2.05) is 6.07 Å². The fourth-order valence-electron chi connectivity index (χ4n) is 1.16. The molecule has 0 saturated carbocycles. The number of nitrogens with zero attached hydrogens (tertiary/aromatic N) is 3. The summed E-state index contributed by atoms with van der Waals surface area (Å²) in [7, 11) is 0. The van der Waals surface area contributed by atoms with Crippen molar-refractivity contribution in [2.24, 2.45) is 0 Å². The summed E-state index contributed by atoms with van der Waals surface area (Å²) in [6.45, 7) is 0. The number of benzene rings is 1. The van der Waals surface area contributed by atoms with Crippen molar-refractivity contribution < 1.29 is 4.74 Å². The van der Waals surface area contributed by atoms with E-state index in [-0.39, 0.29) is 6.01 Å². The van der Waals surface area contributed by atoms with Gasteiger partial charge in [-0.3, -0.25) is 0 Å². The maximum Gasteiger partial charge on any atom is 0.322 e. The van der Waals surface area contributed by atoms with Crippen molar-refractivity contribution in [3.63, 3.8) is 0 Å². The molecule has 1 heterocycles. The molecule has 0 radical (unpaired) electrons. The predicted molar refractivity (Wildman–Crippen MR) is 62.7 cm³/mol. The van der Waals surface area contributed by atoms with Gasteiger partial charge in [0.2, 0.25) is 0 Å². The predicted octanol–water partition coefficient (Wildman–Crippen LogP) is 2.38. The number of hydrogen-bond acceptors (Lipinski definition) is 5. The zero-order valence-electron chi connectivity index (χ0n) is 8.59. The summed E-state index contributed by atoms with van der Waals surface area (Å²) in [5, 5.41) is 9.11. The number of nitriles is 1. The van der Waals surface area contributed by atoms with E-state index >= 15 is 0 Å². The van der Waals surface area contributed by atoms with E-state index in [0.717, 1.165) is 0 Å². The van der Waals surface area contributed by atoms with Crippen LogP contribution in [0.2, 0.25) is 5.02 Å². The van der Waals surface area contributed by atoms with Crippen LogP contribution in [0.25, 0.3) is 0 Å². The van der Waals surface area contributed by atoms with Gasteiger partial charge in [0.15, 0.2) is 5.75 Å². The number of rotatable bonds is 2. The molecule has 2 rings (SSSR count). The number of halogens is 1. The average molecular weight is 247 g/mol. The van der Waals surface area contributed by atoms with Gasteiger partial charge in [-0.25, -0.2) is 9.97 Å². The van der Waals surface area contributed by atoms with Crippen molar-refractivity contribution in [1.82, 2.24) is 9.97 Å². The summed E-state index contributed by atoms with van der Waals surface area (Å²) in [4.78, 5) is 7.74. The minimum atomic E-state index is 0.144. The van der Waals surface area contributed by atoms with E-state index < -0.39 is 0 Å². The Kier molecular flexibility index (Phi) is 3.08. The van der Waals surface area contributed by atoms with Gasteiger partial charge in [-0.1, -0.05) is 11.6 Å². The van der Waals surface area contributed by atoms with Gasteiger partial charge in [0, 0.05) is 0 Å². The Hall–Kier alpha value is -2.32. The van der Waals surface area contributed by atoms with Gasteiger partial charge < -0.3 is 10.5 Å². The van der Waals surface area contributed by atoms with Crippen molar-refractivity contribution >= 4 is 17.3 Å². The SMILES string of the molecule is N#Cc1ccc(Oc2ncc(Cl)cn2)c(N)c1. The molecule has 0 aliphatic heterocycles. The van der Waals surface area contributed by atoms with Crippen LogP contribution in [0.4, 0.5) is 5.69 Å². The molecule has 1 aromatic heterocycles. The van der Waals surface area contributed by atoms with Gasteiger partial charge in [0.25, 0.3) is 0 Å². The molecular formula is C11H7ClN4O. The summed E-state index contributed by atoms with van der Waals surface area (Å²) in [5.74, 6) is 0.395. The smallest absolute Gasteiger partial charge is 0.322 e. The van der Waals surface area contributed by atoms with Crippen LogP contribution in [0.3, 0.4) is 0 Å². The Bertz CT molecular complexity index is 577. The van der Waals surface area contributed by atoms with Crippen molar-refractivity contribution in [3.8, 4) is 17.8 Å². The van der Waals surface area contributed by atoms with E-state index in [9.17, 15) is 0 Å². The van der Waals surface area contributed by atoms with Gasteiger partial charge in [-0.15, -0.1) is 0 Å². The lowest BCUT2D eigenvalue weighted by molar-refractivity contribution is 0.444. The molecule has 0 aliphatic rings. The van der Waals surface area contributed by atoms with Crippen molar-refractivity contribution in [2.75, 3.05) is 5.73 Å². The first-order valence-electron chi connectivity index (χ1n) is 4.64. The van der Waals surface area contributed by atoms with E-state index in [4.69, 9.17) is 27.3 Å². The first kappa shape index (κ1) is 11.2. The van der Waals surface area contributed by atoms with Crippen LogP contribution < -0.4 is 10.5 Å². The number of nitrogens with two attached hydrogens (primary N) is 1. The first-order valence-corrected chi connectivity index (χ1v) is 5.02. The van der Waals surface area contributed by atoms with Crippen LogP contribution in [0, 0.1) is 11.3 Å². The molecule has 0 atom stereocenters. The minimum absolute atomic E-state index is 0.144. The lowest BCUT2D eigenvalue weighted by atomic mass is 10.2. The van der Waals surface area contributed by atoms with Crippen LogP contribution in [0.5, 0.6) is 11.8 Å². The molecular weight excluding hydrogens is 240 g/mol. The quantitative estimate of drug-likeness (QED) is 0.823. The maximum atomic E-state index is 8.69. The minimum Gasteiger partial charge on any atom is -0.422 e. The third-order valence-corrected chi connectivity index (χ3v) is 2.13. The molecule has 84 valence electrons. The molecule has 0 aliphatic carbocycles. The van der Waals surface area contributed by atoms with Crippen molar-refractivity contribution in [1.29, 1.82) is 5.26 Å². The lowest BCUT2D eigenvalue weighted by Gasteiger charge is -2.06. The van der Waals surface area contributed by atoms with Crippen LogP contribution in [-0.2, 0) is 0 Å². The highest BCUT2D eigenvalue weighted by Crippen LogP contribution is 2.26. The zero-order valence-corrected chi connectivity index (χ0v) is 9.35. The second kappa shape index (κ2) is 4.68. The first-order chi connectivity index (χ1) is 8.19. The molecule has 0 saturated heterocycles. The second-order valence-corrected chi connectivity index (χ2v) is 3.59. The number of hydrogen-bond donors (Lipinski definition) is 1. The Morgan fingerprint density at radius 2 is 2.00 bits per heavy atom. The fourth-order valence-corrected chi connectivity index (χ4v) is 1.26. The van der Waals surface area contributed by atoms with Gasteiger partial charge in [-0.05, 0) is 18.2 Å². The highest BCUT2D eigenvalue weighted by molar-refractivity contribution is 6.30. The van der Waals surface area contributed by atoms with E-state index in [0.29, 0.717) is 22.0 Å². The summed E-state index contributed by atoms with van der Waals surface area (Å²) in [6, 6.07) is 6.83. The van der Waals surface area contributed by atoms with Crippen molar-refractivity contribution in [3.05, 3.63) is 41.2 Å². The summed E-state index contributed by atoms with van der Waals surface area (Å²) in [6.07, 6.45) is 2.84. The number of aromatic nitrogens is 2. The van der Waals surface area contributed by atoms with Crippen molar-refractivity contribution in [2.45, 2.75) is 0 Å². The Balaban J connectivity index is 2.25. The van der Waals surface area contributed by atoms with Crippen LogP contribution in [0.15, 0.2) is 30.6 Å². The topological polar surface area (TPSA) is 84.8 Å². The maximum absolute atomic E-state index is 8.69. The average Bonchev–Trinajstić information content (AvgIpc) is 2.34. The Morgan fingerprint density at radius 1 is 1.29 bits per heavy atom. The van der Waals surface area contributed by atoms with E-state index in [2.05, 4.69) is 9.97 Å². The largest absolute Gasteiger partial charge is 0.422 e. The highest BCUT2D eigenvalue weighted by Gasteiger charge is 2.05. The Morgan fingerprint density at radius 3 is 2.59 bits per heavy atom. The highest BCUT2D eigenvalue weighted by atomic mass is 35.5. The third-order valence-electron chi connectivity index (χ3n) is 1.94. The summed E-state index contributed by atoms with van der Waals surface area (Å²) >= 11 is 5.64. The molecule has 5 nitrogen and oxygen atoms in total. The fraction of sp³-hybridized carbons (Fsp3) is 0. The van der Waals surface area contributed by atoms with Gasteiger partial charge in [0.1, 0.15) is 0 Å². The molecule has 2 N–H and O–H groups in total. The number of anilines is 1. The molecule has 6 heteroatoms. The van der Waals surface area contributed by atoms with Crippen LogP contribution >= 0.6 is 11.6 Å². The molecule has 0 amide bonds. The molecule has 1 aromatic carbocycles. The van der Waals surface area contributed by atoms with Gasteiger partial charge >= 0.3 is 6.01 Å². The molecule has 2 aromatic rings. The molecule has 17 heavy (non-hydrogen) atoms. The van der Waals surface area contributed by atoms with Gasteiger partial charge in [0.05, 0.1) is 34.7 Å². The van der Waals surface area contributed by atoms with Crippen LogP contribution in [0.1, 0.15) is 5.56 Å². The van der Waals surface area contributed by atoms with E-state index in [1.165, 1.54) is 18.5 Å². The second-order valence-electron chi connectivity index (χ2n) is 3.15. The molecule has 0 bridgehead atoms. The zero-order chi connectivity index (χ0) is 12.3. The molecule has 0 unspecified atom stereocenters. The summed E-state index contributed by atoms with van der Waals surface area (Å²) < 4.78 is 5.35. The Labute approximate surface area is 102 Å². The summed E-state index contributed by atoms with van der Waals surface area (Å²) in [5.41, 5.74) is 6.53. The molecule has 0 spiro atoms. The third kappa shape index (κ3) is 2.62. The number of ether oxygens (including phenoxy) is 1. The molecule has 0 fully saturated rings. The monoisotopic (exact) mass is 246 g/mol. The van der Waals surface area contributed by atoms with Gasteiger partial charge in [-0.2, -0.15) is 5.26 Å². The van der Waals surface area contributed by atoms with Crippen LogP contribution in [-0.4, -0.2) is 9.97 Å². The number of nitrogen functional groups attached to an aromatic ring is 1. The lowest BCUT2D eigenvalue weighted by Crippen LogP contribution is -1.95.